The summed E-state index contributed by atoms with van der Waals surface area (Å²) in [4.78, 5) is 29.9. The summed E-state index contributed by atoms with van der Waals surface area (Å²) in [6.45, 7) is 1.15. The summed E-state index contributed by atoms with van der Waals surface area (Å²) in [5.41, 5.74) is 2.78. The first-order valence-electron chi connectivity index (χ1n) is 11.8. The van der Waals surface area contributed by atoms with Gasteiger partial charge in [-0.25, -0.2) is 4.98 Å². The van der Waals surface area contributed by atoms with Crippen LogP contribution in [-0.2, 0) is 29.1 Å². The van der Waals surface area contributed by atoms with Crippen LogP contribution in [0.1, 0.15) is 43.5 Å². The Morgan fingerprint density at radius 2 is 1.79 bits per heavy atom. The van der Waals surface area contributed by atoms with Crippen molar-refractivity contribution in [3.63, 3.8) is 0 Å². The molecular weight excluding hydrogens is 416 g/mol. The predicted octanol–water partition coefficient (Wildman–Crippen LogP) is 3.60. The van der Waals surface area contributed by atoms with Crippen LogP contribution in [0.15, 0.2) is 48.5 Å². The van der Waals surface area contributed by atoms with Gasteiger partial charge in [-0.1, -0.05) is 43.5 Å². The molecule has 2 amide bonds. The number of amides is 2. The summed E-state index contributed by atoms with van der Waals surface area (Å²) in [5, 5.41) is 6.06. The highest BCUT2D eigenvalue weighted by molar-refractivity contribution is 5.81. The summed E-state index contributed by atoms with van der Waals surface area (Å²) in [6, 6.07) is 15.4. The van der Waals surface area contributed by atoms with Crippen molar-refractivity contribution in [2.24, 2.45) is 5.92 Å². The van der Waals surface area contributed by atoms with Gasteiger partial charge >= 0.3 is 0 Å². The zero-order valence-electron chi connectivity index (χ0n) is 19.2. The molecule has 7 nitrogen and oxygen atoms in total. The minimum absolute atomic E-state index is 0.0820. The summed E-state index contributed by atoms with van der Waals surface area (Å²) in [7, 11) is 1.63. The Hall–Kier alpha value is -3.35. The molecule has 33 heavy (non-hydrogen) atoms. The minimum atomic E-state index is -0.0820. The third kappa shape index (κ3) is 5.92. The summed E-state index contributed by atoms with van der Waals surface area (Å²) >= 11 is 0. The SMILES string of the molecule is COc1ccc(CNC(=O)Cn2c(CCNC(=O)C3CCCCC3)nc3ccccc32)cc1. The van der Waals surface area contributed by atoms with E-state index in [-0.39, 0.29) is 24.3 Å². The molecule has 1 saturated carbocycles. The summed E-state index contributed by atoms with van der Waals surface area (Å²) in [6.07, 6.45) is 6.06. The van der Waals surface area contributed by atoms with Gasteiger partial charge in [0.25, 0.3) is 0 Å². The third-order valence-corrected chi connectivity index (χ3v) is 6.31. The Morgan fingerprint density at radius 3 is 2.55 bits per heavy atom. The number of benzene rings is 2. The van der Waals surface area contributed by atoms with E-state index in [4.69, 9.17) is 9.72 Å². The first-order valence-corrected chi connectivity index (χ1v) is 11.8. The number of hydrogen-bond acceptors (Lipinski definition) is 4. The molecule has 1 fully saturated rings. The highest BCUT2D eigenvalue weighted by atomic mass is 16.5. The van der Waals surface area contributed by atoms with Crippen molar-refractivity contribution in [1.82, 2.24) is 20.2 Å². The monoisotopic (exact) mass is 448 g/mol. The molecule has 1 aliphatic rings. The molecule has 2 aromatic carbocycles. The maximum atomic E-state index is 12.7. The van der Waals surface area contributed by atoms with Gasteiger partial charge in [-0.05, 0) is 42.7 Å². The zero-order chi connectivity index (χ0) is 23.0. The van der Waals surface area contributed by atoms with E-state index in [1.54, 1.807) is 7.11 Å². The summed E-state index contributed by atoms with van der Waals surface area (Å²) in [5.74, 6) is 1.80. The van der Waals surface area contributed by atoms with Gasteiger partial charge < -0.3 is 19.9 Å². The van der Waals surface area contributed by atoms with E-state index in [0.717, 1.165) is 53.9 Å². The molecule has 0 saturated heterocycles. The van der Waals surface area contributed by atoms with Crippen LogP contribution in [0.5, 0.6) is 5.75 Å². The fourth-order valence-electron chi connectivity index (χ4n) is 4.44. The lowest BCUT2D eigenvalue weighted by atomic mass is 9.89. The number of carbonyl (C=O) groups excluding carboxylic acids is 2. The van der Waals surface area contributed by atoms with Crippen LogP contribution in [0, 0.1) is 5.92 Å². The van der Waals surface area contributed by atoms with Crippen molar-refractivity contribution in [2.45, 2.75) is 51.6 Å². The van der Waals surface area contributed by atoms with Gasteiger partial charge in [0, 0.05) is 25.4 Å². The molecule has 0 unspecified atom stereocenters. The Bertz CT molecular complexity index is 1080. The van der Waals surface area contributed by atoms with E-state index in [9.17, 15) is 9.59 Å². The highest BCUT2D eigenvalue weighted by Crippen LogP contribution is 2.23. The van der Waals surface area contributed by atoms with Crippen LogP contribution in [0.25, 0.3) is 11.0 Å². The lowest BCUT2D eigenvalue weighted by Gasteiger charge is -2.20. The van der Waals surface area contributed by atoms with Gasteiger partial charge in [-0.2, -0.15) is 0 Å². The van der Waals surface area contributed by atoms with E-state index in [0.29, 0.717) is 19.5 Å². The Balaban J connectivity index is 1.37. The molecule has 0 radical (unpaired) electrons. The average molecular weight is 449 g/mol. The van der Waals surface area contributed by atoms with E-state index in [2.05, 4.69) is 10.6 Å². The van der Waals surface area contributed by atoms with Crippen LogP contribution < -0.4 is 15.4 Å². The molecule has 0 bridgehead atoms. The zero-order valence-corrected chi connectivity index (χ0v) is 19.2. The van der Waals surface area contributed by atoms with Gasteiger partial charge in [0.1, 0.15) is 18.1 Å². The number of nitrogens with zero attached hydrogens (tertiary/aromatic N) is 2. The quantitative estimate of drug-likeness (QED) is 0.524. The number of rotatable bonds is 9. The van der Waals surface area contributed by atoms with Gasteiger partial charge in [0.2, 0.25) is 11.8 Å². The van der Waals surface area contributed by atoms with Crippen LogP contribution in [0.4, 0.5) is 0 Å². The normalized spacial score (nSPS) is 14.2. The van der Waals surface area contributed by atoms with Crippen molar-refractivity contribution in [3.05, 3.63) is 59.9 Å². The number of para-hydroxylation sites is 2. The molecule has 0 atom stereocenters. The topological polar surface area (TPSA) is 85.2 Å². The number of methoxy groups -OCH3 is 1. The van der Waals surface area contributed by atoms with Crippen LogP contribution in [0.3, 0.4) is 0 Å². The van der Waals surface area contributed by atoms with Gasteiger partial charge in [-0.3, -0.25) is 9.59 Å². The molecular formula is C26H32N4O3. The van der Waals surface area contributed by atoms with Crippen molar-refractivity contribution in [2.75, 3.05) is 13.7 Å². The number of aromatic nitrogens is 2. The van der Waals surface area contributed by atoms with E-state index in [1.165, 1.54) is 6.42 Å². The van der Waals surface area contributed by atoms with Gasteiger partial charge in [0.15, 0.2) is 0 Å². The highest BCUT2D eigenvalue weighted by Gasteiger charge is 2.21. The number of fused-ring (bicyclic) bond motifs is 1. The molecule has 2 N–H and O–H groups in total. The van der Waals surface area contributed by atoms with Gasteiger partial charge in [0.05, 0.1) is 18.1 Å². The largest absolute Gasteiger partial charge is 0.497 e. The minimum Gasteiger partial charge on any atom is -0.497 e. The fourth-order valence-corrected chi connectivity index (χ4v) is 4.44. The fraction of sp³-hybridized carbons (Fsp3) is 0.423. The molecule has 1 aromatic heterocycles. The van der Waals surface area contributed by atoms with Gasteiger partial charge in [-0.15, -0.1) is 0 Å². The maximum Gasteiger partial charge on any atom is 0.240 e. The van der Waals surface area contributed by atoms with Crippen molar-refractivity contribution < 1.29 is 14.3 Å². The first-order chi connectivity index (χ1) is 16.1. The lowest BCUT2D eigenvalue weighted by molar-refractivity contribution is -0.126. The second kappa shape index (κ2) is 11.0. The first kappa shape index (κ1) is 22.8. The third-order valence-electron chi connectivity index (χ3n) is 6.31. The van der Waals surface area contributed by atoms with Crippen LogP contribution in [-0.4, -0.2) is 35.0 Å². The average Bonchev–Trinajstić information content (AvgIpc) is 3.20. The molecule has 0 aliphatic heterocycles. The van der Waals surface area contributed by atoms with Crippen LogP contribution >= 0.6 is 0 Å². The van der Waals surface area contributed by atoms with E-state index < -0.39 is 0 Å². The molecule has 1 aliphatic carbocycles. The number of imidazole rings is 1. The number of ether oxygens (including phenoxy) is 1. The molecule has 174 valence electrons. The number of carbonyl (C=O) groups is 2. The molecule has 1 heterocycles. The van der Waals surface area contributed by atoms with Crippen molar-refractivity contribution in [3.8, 4) is 5.75 Å². The van der Waals surface area contributed by atoms with E-state index >= 15 is 0 Å². The van der Waals surface area contributed by atoms with Crippen molar-refractivity contribution in [1.29, 1.82) is 0 Å². The smallest absolute Gasteiger partial charge is 0.240 e. The molecule has 7 heteroatoms. The number of hydrogen-bond donors (Lipinski definition) is 2. The Morgan fingerprint density at radius 1 is 1.03 bits per heavy atom. The number of nitrogens with one attached hydrogen (secondary N) is 2. The van der Waals surface area contributed by atoms with E-state index in [1.807, 2.05) is 53.1 Å². The standard InChI is InChI=1S/C26H32N4O3/c1-33-21-13-11-19(12-14-21)17-28-25(31)18-30-23-10-6-5-9-22(23)29-24(30)15-16-27-26(32)20-7-3-2-4-8-20/h5-6,9-14,20H,2-4,7-8,15-18H2,1H3,(H,27,32)(H,28,31). The second-order valence-electron chi connectivity index (χ2n) is 8.60. The predicted molar refractivity (Wildman–Crippen MR) is 128 cm³/mol. The maximum absolute atomic E-state index is 12.7. The summed E-state index contributed by atoms with van der Waals surface area (Å²) < 4.78 is 7.13. The Kier molecular flexibility index (Phi) is 7.60. The second-order valence-corrected chi connectivity index (χ2v) is 8.60. The van der Waals surface area contributed by atoms with Crippen molar-refractivity contribution >= 4 is 22.8 Å². The van der Waals surface area contributed by atoms with Crippen LogP contribution in [0.2, 0.25) is 0 Å². The Labute approximate surface area is 194 Å². The molecule has 3 aromatic rings. The lowest BCUT2D eigenvalue weighted by Crippen LogP contribution is -2.34. The molecule has 0 spiro atoms. The molecule has 4 rings (SSSR count).